The molecule has 0 spiro atoms. The highest BCUT2D eigenvalue weighted by Gasteiger charge is 2.35. The largest absolute Gasteiger partial charge is 0.354 e. The van der Waals surface area contributed by atoms with Gasteiger partial charge in [0, 0.05) is 19.1 Å². The first-order valence-electron chi connectivity index (χ1n) is 8.67. The quantitative estimate of drug-likeness (QED) is 0.781. The van der Waals surface area contributed by atoms with E-state index in [0.717, 1.165) is 39.1 Å². The van der Waals surface area contributed by atoms with E-state index in [9.17, 15) is 4.79 Å². The van der Waals surface area contributed by atoms with Crippen molar-refractivity contribution < 1.29 is 4.79 Å². The third-order valence-corrected chi connectivity index (χ3v) is 5.43. The maximum absolute atomic E-state index is 12.6. The predicted octanol–water partition coefficient (Wildman–Crippen LogP) is 0.271. The van der Waals surface area contributed by atoms with Crippen LogP contribution in [0.25, 0.3) is 0 Å². The van der Waals surface area contributed by atoms with Crippen molar-refractivity contribution in [3.63, 3.8) is 0 Å². The first kappa shape index (κ1) is 15.3. The highest BCUT2D eigenvalue weighted by atomic mass is 16.2. The number of carbonyl (C=O) groups is 1. The van der Waals surface area contributed by atoms with Gasteiger partial charge in [0.2, 0.25) is 5.91 Å². The summed E-state index contributed by atoms with van der Waals surface area (Å²) in [6, 6.07) is 0.745. The molecule has 3 rings (SSSR count). The molecule has 0 aromatic heterocycles. The average Bonchev–Trinajstić information content (AvgIpc) is 3.14. The van der Waals surface area contributed by atoms with Gasteiger partial charge in [0.05, 0.1) is 6.04 Å². The molecule has 3 saturated heterocycles. The number of piperidine rings is 1. The van der Waals surface area contributed by atoms with Crippen LogP contribution in [0.5, 0.6) is 0 Å². The number of hydrogen-bond donors (Lipinski definition) is 2. The lowest BCUT2D eigenvalue weighted by Gasteiger charge is -2.35. The molecule has 0 radical (unpaired) electrons. The molecule has 0 saturated carbocycles. The van der Waals surface area contributed by atoms with Crippen molar-refractivity contribution in [1.82, 2.24) is 20.4 Å². The molecule has 3 fully saturated rings. The number of hydrogen-bond acceptors (Lipinski definition) is 4. The van der Waals surface area contributed by atoms with E-state index in [-0.39, 0.29) is 11.9 Å². The van der Waals surface area contributed by atoms with Gasteiger partial charge in [-0.3, -0.25) is 9.69 Å². The summed E-state index contributed by atoms with van der Waals surface area (Å²) >= 11 is 0. The number of rotatable bonds is 4. The Morgan fingerprint density at radius 3 is 2.71 bits per heavy atom. The van der Waals surface area contributed by atoms with Crippen LogP contribution in [-0.4, -0.2) is 74.1 Å². The summed E-state index contributed by atoms with van der Waals surface area (Å²) in [4.78, 5) is 17.4. The molecule has 5 heteroatoms. The minimum Gasteiger partial charge on any atom is -0.354 e. The SMILES string of the molecule is CN1CCC(CNC(=O)C2CCCN2C2CCNCC2)C1. The second kappa shape index (κ2) is 7.07. The summed E-state index contributed by atoms with van der Waals surface area (Å²) in [5.41, 5.74) is 0. The molecule has 3 aliphatic rings. The summed E-state index contributed by atoms with van der Waals surface area (Å²) in [6.45, 7) is 6.47. The Bertz CT molecular complexity index is 356. The van der Waals surface area contributed by atoms with Crippen molar-refractivity contribution >= 4 is 5.91 Å². The van der Waals surface area contributed by atoms with Crippen LogP contribution in [0.1, 0.15) is 32.1 Å². The molecule has 0 aromatic rings. The Morgan fingerprint density at radius 2 is 2.00 bits per heavy atom. The Labute approximate surface area is 128 Å². The molecule has 21 heavy (non-hydrogen) atoms. The fourth-order valence-corrected chi connectivity index (χ4v) is 4.20. The zero-order valence-corrected chi connectivity index (χ0v) is 13.3. The van der Waals surface area contributed by atoms with Gasteiger partial charge in [-0.15, -0.1) is 0 Å². The molecule has 3 aliphatic heterocycles. The normalized spacial score (nSPS) is 32.6. The highest BCUT2D eigenvalue weighted by molar-refractivity contribution is 5.82. The van der Waals surface area contributed by atoms with E-state index in [1.165, 1.54) is 32.2 Å². The number of carbonyl (C=O) groups excluding carboxylic acids is 1. The van der Waals surface area contributed by atoms with E-state index in [1.807, 2.05) is 0 Å². The van der Waals surface area contributed by atoms with Gasteiger partial charge < -0.3 is 15.5 Å². The third-order valence-electron chi connectivity index (χ3n) is 5.43. The van der Waals surface area contributed by atoms with Crippen LogP contribution in [0.15, 0.2) is 0 Å². The fourth-order valence-electron chi connectivity index (χ4n) is 4.20. The Kier molecular flexibility index (Phi) is 5.14. The van der Waals surface area contributed by atoms with Crippen LogP contribution >= 0.6 is 0 Å². The Hall–Kier alpha value is -0.650. The number of amides is 1. The Morgan fingerprint density at radius 1 is 1.19 bits per heavy atom. The minimum absolute atomic E-state index is 0.132. The second-order valence-electron chi connectivity index (χ2n) is 7.04. The molecule has 0 aliphatic carbocycles. The van der Waals surface area contributed by atoms with E-state index < -0.39 is 0 Å². The van der Waals surface area contributed by atoms with E-state index in [0.29, 0.717) is 12.0 Å². The molecule has 2 atom stereocenters. The van der Waals surface area contributed by atoms with Crippen molar-refractivity contribution in [3.05, 3.63) is 0 Å². The topological polar surface area (TPSA) is 47.6 Å². The van der Waals surface area contributed by atoms with Gasteiger partial charge >= 0.3 is 0 Å². The molecule has 0 bridgehead atoms. The lowest BCUT2D eigenvalue weighted by Crippen LogP contribution is -2.51. The molecule has 5 nitrogen and oxygen atoms in total. The maximum atomic E-state index is 12.6. The lowest BCUT2D eigenvalue weighted by atomic mass is 10.0. The zero-order valence-electron chi connectivity index (χ0n) is 13.3. The summed E-state index contributed by atoms with van der Waals surface area (Å²) in [6.07, 6.45) is 5.82. The number of nitrogens with one attached hydrogen (secondary N) is 2. The minimum atomic E-state index is 0.132. The van der Waals surface area contributed by atoms with Crippen molar-refractivity contribution in [1.29, 1.82) is 0 Å². The number of likely N-dealkylation sites (tertiary alicyclic amines) is 2. The molecule has 2 N–H and O–H groups in total. The van der Waals surface area contributed by atoms with Crippen molar-refractivity contribution in [2.24, 2.45) is 5.92 Å². The van der Waals surface area contributed by atoms with E-state index >= 15 is 0 Å². The standard InChI is InChI=1S/C16H30N4O/c1-19-10-6-13(12-19)11-18-16(21)15-3-2-9-20(15)14-4-7-17-8-5-14/h13-15,17H,2-12H2,1H3,(H,18,21). The van der Waals surface area contributed by atoms with E-state index in [2.05, 4.69) is 27.5 Å². The van der Waals surface area contributed by atoms with Gasteiger partial charge in [-0.05, 0) is 71.2 Å². The molecular formula is C16H30N4O. The summed E-state index contributed by atoms with van der Waals surface area (Å²) in [5.74, 6) is 0.924. The van der Waals surface area contributed by atoms with Crippen molar-refractivity contribution in [2.75, 3.05) is 46.3 Å². The molecule has 1 amide bonds. The molecule has 3 heterocycles. The summed E-state index contributed by atoms with van der Waals surface area (Å²) in [7, 11) is 2.16. The second-order valence-corrected chi connectivity index (χ2v) is 7.04. The zero-order chi connectivity index (χ0) is 14.7. The summed E-state index contributed by atoms with van der Waals surface area (Å²) < 4.78 is 0. The van der Waals surface area contributed by atoms with E-state index in [1.54, 1.807) is 0 Å². The first-order chi connectivity index (χ1) is 10.2. The van der Waals surface area contributed by atoms with Crippen LogP contribution in [0, 0.1) is 5.92 Å². The monoisotopic (exact) mass is 294 g/mol. The fraction of sp³-hybridized carbons (Fsp3) is 0.938. The van der Waals surface area contributed by atoms with Gasteiger partial charge in [-0.25, -0.2) is 0 Å². The van der Waals surface area contributed by atoms with Crippen molar-refractivity contribution in [2.45, 2.75) is 44.2 Å². The van der Waals surface area contributed by atoms with Gasteiger partial charge in [-0.1, -0.05) is 0 Å². The lowest BCUT2D eigenvalue weighted by molar-refractivity contribution is -0.126. The average molecular weight is 294 g/mol. The van der Waals surface area contributed by atoms with Crippen LogP contribution in [0.3, 0.4) is 0 Å². The van der Waals surface area contributed by atoms with Crippen LogP contribution in [0.2, 0.25) is 0 Å². The molecule has 2 unspecified atom stereocenters. The summed E-state index contributed by atoms with van der Waals surface area (Å²) in [5, 5.41) is 6.65. The van der Waals surface area contributed by atoms with Gasteiger partial charge in [0.25, 0.3) is 0 Å². The van der Waals surface area contributed by atoms with Gasteiger partial charge in [0.1, 0.15) is 0 Å². The first-order valence-corrected chi connectivity index (χ1v) is 8.67. The Balaban J connectivity index is 1.48. The molecule has 0 aromatic carbocycles. The van der Waals surface area contributed by atoms with Crippen molar-refractivity contribution in [3.8, 4) is 0 Å². The van der Waals surface area contributed by atoms with Gasteiger partial charge in [0.15, 0.2) is 0 Å². The third kappa shape index (κ3) is 3.76. The predicted molar refractivity (Wildman–Crippen MR) is 84.2 cm³/mol. The number of nitrogens with zero attached hydrogens (tertiary/aromatic N) is 2. The van der Waals surface area contributed by atoms with Gasteiger partial charge in [-0.2, -0.15) is 0 Å². The molecule has 120 valence electrons. The highest BCUT2D eigenvalue weighted by Crippen LogP contribution is 2.24. The maximum Gasteiger partial charge on any atom is 0.237 e. The van der Waals surface area contributed by atoms with Crippen LogP contribution in [-0.2, 0) is 4.79 Å². The van der Waals surface area contributed by atoms with Crippen LogP contribution < -0.4 is 10.6 Å². The van der Waals surface area contributed by atoms with Crippen LogP contribution in [0.4, 0.5) is 0 Å². The molecular weight excluding hydrogens is 264 g/mol. The smallest absolute Gasteiger partial charge is 0.237 e. The van der Waals surface area contributed by atoms with E-state index in [4.69, 9.17) is 0 Å².